The van der Waals surface area contributed by atoms with Crippen LogP contribution in [0.4, 0.5) is 11.4 Å². The number of halogens is 3. The van der Waals surface area contributed by atoms with Crippen molar-refractivity contribution in [2.45, 2.75) is 0 Å². The molecule has 0 aliphatic heterocycles. The molecule has 0 atom stereocenters. The Kier molecular flexibility index (Phi) is 6.85. The number of amidine groups is 1. The van der Waals surface area contributed by atoms with Gasteiger partial charge in [0.2, 0.25) is 0 Å². The van der Waals surface area contributed by atoms with E-state index < -0.39 is 0 Å². The summed E-state index contributed by atoms with van der Waals surface area (Å²) in [5.41, 5.74) is 1.88. The largest absolute Gasteiger partial charge is 0.282 e. The first kappa shape index (κ1) is 19.3. The van der Waals surface area contributed by atoms with E-state index in [1.54, 1.807) is 36.4 Å². The molecule has 3 aromatic rings. The number of para-hydroxylation sites is 1. The van der Waals surface area contributed by atoms with Crippen LogP contribution in [0.2, 0.25) is 10.0 Å². The highest BCUT2D eigenvalue weighted by Gasteiger charge is 2.14. The number of nitrogens with zero attached hydrogens (tertiary/aromatic N) is 2. The van der Waals surface area contributed by atoms with Crippen LogP contribution in [0.15, 0.2) is 83.9 Å². The van der Waals surface area contributed by atoms with E-state index in [4.69, 9.17) is 23.2 Å². The number of anilines is 1. The van der Waals surface area contributed by atoms with Gasteiger partial charge in [-0.05, 0) is 36.4 Å². The van der Waals surface area contributed by atoms with Crippen molar-refractivity contribution in [2.24, 2.45) is 4.99 Å². The molecule has 1 N–H and O–H groups in total. The maximum atomic E-state index is 10.7. The van der Waals surface area contributed by atoms with Crippen molar-refractivity contribution < 1.29 is 5.21 Å². The maximum Gasteiger partial charge on any atom is 0.165 e. The van der Waals surface area contributed by atoms with Crippen molar-refractivity contribution in [1.82, 2.24) is 0 Å². The van der Waals surface area contributed by atoms with E-state index in [1.807, 2.05) is 42.5 Å². The number of hydrogen-bond donors (Lipinski definition) is 1. The lowest BCUT2D eigenvalue weighted by atomic mass is 10.2. The normalized spacial score (nSPS) is 10.9. The Morgan fingerprint density at radius 2 is 1.40 bits per heavy atom. The van der Waals surface area contributed by atoms with Crippen molar-refractivity contribution >= 4 is 52.8 Å². The number of hydroxylamine groups is 1. The Bertz CT molecular complexity index is 852. The van der Waals surface area contributed by atoms with Gasteiger partial charge in [0.25, 0.3) is 0 Å². The van der Waals surface area contributed by atoms with Crippen molar-refractivity contribution in [3.05, 3.63) is 94.5 Å². The maximum absolute atomic E-state index is 10.7. The summed E-state index contributed by atoms with van der Waals surface area (Å²) in [7, 11) is 0. The summed E-state index contributed by atoms with van der Waals surface area (Å²) in [5, 5.41) is 12.8. The zero-order valence-electron chi connectivity index (χ0n) is 13.0. The summed E-state index contributed by atoms with van der Waals surface area (Å²) >= 11 is 12.1. The number of rotatable bonds is 3. The van der Waals surface area contributed by atoms with Gasteiger partial charge in [0.15, 0.2) is 5.84 Å². The fourth-order valence-corrected chi connectivity index (χ4v) is 2.49. The highest BCUT2D eigenvalue weighted by atomic mass is 35.5. The van der Waals surface area contributed by atoms with E-state index in [2.05, 4.69) is 4.99 Å². The molecule has 0 radical (unpaired) electrons. The molecule has 3 rings (SSSR count). The third-order valence-electron chi connectivity index (χ3n) is 3.38. The molecular formula is C19H15Cl3N2O. The van der Waals surface area contributed by atoms with Gasteiger partial charge in [-0.15, -0.1) is 12.4 Å². The lowest BCUT2D eigenvalue weighted by Crippen LogP contribution is -2.27. The van der Waals surface area contributed by atoms with Crippen molar-refractivity contribution in [3.8, 4) is 0 Å². The number of benzene rings is 3. The van der Waals surface area contributed by atoms with Gasteiger partial charge >= 0.3 is 0 Å². The van der Waals surface area contributed by atoms with Gasteiger partial charge in [0, 0.05) is 10.6 Å². The molecule has 0 aromatic heterocycles. The van der Waals surface area contributed by atoms with Gasteiger partial charge < -0.3 is 0 Å². The van der Waals surface area contributed by atoms with E-state index in [-0.39, 0.29) is 12.4 Å². The molecule has 128 valence electrons. The SMILES string of the molecule is Cl.ON(C(=Nc1ccccc1Cl)c1ccccc1)c1ccc(Cl)cc1. The Balaban J connectivity index is 0.00000225. The topological polar surface area (TPSA) is 35.8 Å². The third-order valence-corrected chi connectivity index (χ3v) is 3.95. The molecule has 3 nitrogen and oxygen atoms in total. The van der Waals surface area contributed by atoms with Crippen LogP contribution in [-0.4, -0.2) is 11.0 Å². The summed E-state index contributed by atoms with van der Waals surface area (Å²) in [5.74, 6) is 0.367. The van der Waals surface area contributed by atoms with E-state index in [9.17, 15) is 5.21 Å². The van der Waals surface area contributed by atoms with Gasteiger partial charge in [-0.25, -0.2) is 10.1 Å². The van der Waals surface area contributed by atoms with E-state index in [1.165, 1.54) is 0 Å². The second kappa shape index (κ2) is 8.88. The van der Waals surface area contributed by atoms with Gasteiger partial charge in [-0.3, -0.25) is 5.21 Å². The first-order valence-electron chi connectivity index (χ1n) is 7.28. The zero-order chi connectivity index (χ0) is 16.9. The minimum absolute atomic E-state index is 0. The molecule has 3 aromatic carbocycles. The summed E-state index contributed by atoms with van der Waals surface area (Å²) in [6.07, 6.45) is 0. The number of hydrogen-bond acceptors (Lipinski definition) is 2. The quantitative estimate of drug-likeness (QED) is 0.318. The van der Waals surface area contributed by atoms with Gasteiger partial charge in [-0.2, -0.15) is 0 Å². The molecule has 0 amide bonds. The third kappa shape index (κ3) is 4.74. The fourth-order valence-electron chi connectivity index (χ4n) is 2.18. The van der Waals surface area contributed by atoms with Crippen LogP contribution in [0.3, 0.4) is 0 Å². The standard InChI is InChI=1S/C19H14Cl2N2O.ClH/c20-15-10-12-16(13-11-15)23(24)19(14-6-2-1-3-7-14)22-18-9-5-4-8-17(18)21;/h1-13,24H;1H. The van der Waals surface area contributed by atoms with Crippen LogP contribution < -0.4 is 5.06 Å². The Labute approximate surface area is 162 Å². The summed E-state index contributed by atoms with van der Waals surface area (Å²) < 4.78 is 0. The van der Waals surface area contributed by atoms with Crippen LogP contribution in [0, 0.1) is 0 Å². The summed E-state index contributed by atoms with van der Waals surface area (Å²) in [6.45, 7) is 0. The molecule has 0 spiro atoms. The molecule has 0 fully saturated rings. The second-order valence-corrected chi connectivity index (χ2v) is 5.88. The van der Waals surface area contributed by atoms with Crippen LogP contribution >= 0.6 is 35.6 Å². The average molecular weight is 394 g/mol. The van der Waals surface area contributed by atoms with E-state index in [0.29, 0.717) is 27.3 Å². The zero-order valence-corrected chi connectivity index (χ0v) is 15.3. The van der Waals surface area contributed by atoms with Crippen LogP contribution in [0.1, 0.15) is 5.56 Å². The molecule has 0 saturated heterocycles. The Hall–Kier alpha value is -2.04. The lowest BCUT2D eigenvalue weighted by molar-refractivity contribution is 0.313. The predicted molar refractivity (Wildman–Crippen MR) is 107 cm³/mol. The smallest absolute Gasteiger partial charge is 0.165 e. The Morgan fingerprint density at radius 3 is 2.04 bits per heavy atom. The first-order valence-corrected chi connectivity index (χ1v) is 8.04. The molecule has 6 heteroatoms. The predicted octanol–water partition coefficient (Wildman–Crippen LogP) is 6.39. The van der Waals surface area contributed by atoms with Crippen molar-refractivity contribution in [3.63, 3.8) is 0 Å². The Morgan fingerprint density at radius 1 is 0.800 bits per heavy atom. The molecule has 0 unspecified atom stereocenters. The van der Waals surface area contributed by atoms with Gasteiger partial charge in [-0.1, -0.05) is 65.7 Å². The van der Waals surface area contributed by atoms with E-state index >= 15 is 0 Å². The van der Waals surface area contributed by atoms with E-state index in [0.717, 1.165) is 10.6 Å². The molecule has 0 bridgehead atoms. The molecular weight excluding hydrogens is 379 g/mol. The van der Waals surface area contributed by atoms with Crippen LogP contribution in [0.5, 0.6) is 0 Å². The van der Waals surface area contributed by atoms with Gasteiger partial charge in [0.05, 0.1) is 16.4 Å². The molecule has 0 aliphatic rings. The summed E-state index contributed by atoms with van der Waals surface area (Å²) in [4.78, 5) is 4.55. The fraction of sp³-hybridized carbons (Fsp3) is 0. The molecule has 0 aliphatic carbocycles. The summed E-state index contributed by atoms with van der Waals surface area (Å²) in [6, 6.07) is 23.5. The molecule has 0 heterocycles. The lowest BCUT2D eigenvalue weighted by Gasteiger charge is -2.19. The minimum atomic E-state index is 0. The monoisotopic (exact) mass is 392 g/mol. The second-order valence-electron chi connectivity index (χ2n) is 5.04. The van der Waals surface area contributed by atoms with Crippen molar-refractivity contribution in [1.29, 1.82) is 0 Å². The first-order chi connectivity index (χ1) is 11.6. The van der Waals surface area contributed by atoms with Gasteiger partial charge in [0.1, 0.15) is 0 Å². The average Bonchev–Trinajstić information content (AvgIpc) is 2.62. The highest BCUT2D eigenvalue weighted by Crippen LogP contribution is 2.26. The van der Waals surface area contributed by atoms with Crippen LogP contribution in [0.25, 0.3) is 0 Å². The van der Waals surface area contributed by atoms with Crippen LogP contribution in [-0.2, 0) is 0 Å². The highest BCUT2D eigenvalue weighted by molar-refractivity contribution is 6.33. The number of aliphatic imine (C=N–C) groups is 1. The molecule has 0 saturated carbocycles. The molecule has 25 heavy (non-hydrogen) atoms. The minimum Gasteiger partial charge on any atom is -0.282 e. The van der Waals surface area contributed by atoms with Crippen molar-refractivity contribution in [2.75, 3.05) is 5.06 Å².